The van der Waals surface area contributed by atoms with Gasteiger partial charge in [-0.15, -0.1) is 0 Å². The maximum atomic E-state index is 10.0. The molecule has 0 saturated carbocycles. The summed E-state index contributed by atoms with van der Waals surface area (Å²) in [5, 5.41) is 8.36. The molecule has 0 amide bonds. The number of carbonyl (C=O) groups is 1. The van der Waals surface area contributed by atoms with Crippen LogP contribution in [0.4, 0.5) is 34.1 Å². The number of hydrogen-bond acceptors (Lipinski definition) is 4. The normalized spacial score (nSPS) is 10.3. The van der Waals surface area contributed by atoms with Gasteiger partial charge in [-0.1, -0.05) is 71.2 Å². The summed E-state index contributed by atoms with van der Waals surface area (Å²) in [6, 6.07) is 18.2. The molecule has 0 aliphatic heterocycles. The number of aryl methyl sites for hydroxylation is 6. The largest absolute Gasteiger partial charge is 0.512 e. The minimum absolute atomic E-state index is 0. The van der Waals surface area contributed by atoms with Gasteiger partial charge < -0.3 is 5.11 Å². The molecule has 3 aromatic rings. The van der Waals surface area contributed by atoms with Crippen molar-refractivity contribution in [1.29, 1.82) is 0 Å². The van der Waals surface area contributed by atoms with E-state index in [1.54, 1.807) is 0 Å². The number of aliphatic hydroxyl groups is 1. The van der Waals surface area contributed by atoms with Crippen molar-refractivity contribution in [2.24, 2.45) is 9.98 Å². The quantitative estimate of drug-likeness (QED) is 0.0983. The van der Waals surface area contributed by atoms with E-state index in [1.165, 1.54) is 53.3 Å². The van der Waals surface area contributed by atoms with Crippen molar-refractivity contribution < 1.29 is 49.1 Å². The summed E-state index contributed by atoms with van der Waals surface area (Å²) in [6.45, 7) is 19.6. The summed E-state index contributed by atoms with van der Waals surface area (Å²) in [6.07, 6.45) is 1.17. The summed E-state index contributed by atoms with van der Waals surface area (Å²) in [5.74, 6) is -0.0625. The number of allylic oxidation sites excluding steroid dienone is 2. The molecule has 4 nitrogen and oxygen atoms in total. The minimum Gasteiger partial charge on any atom is -0.512 e. The second-order valence-electron chi connectivity index (χ2n) is 9.70. The third-order valence-electron chi connectivity index (χ3n) is 5.57. The van der Waals surface area contributed by atoms with Crippen LogP contribution in [0, 0.1) is 41.5 Å². The molecule has 11 heteroatoms. The van der Waals surface area contributed by atoms with Gasteiger partial charge in [0.2, 0.25) is 0 Å². The number of halogens is 5. The molecule has 0 aliphatic carbocycles. The van der Waals surface area contributed by atoms with Crippen LogP contribution in [0.15, 0.2) is 76.4 Å². The smallest absolute Gasteiger partial charge is 0.155 e. The predicted octanol–water partition coefficient (Wildman–Crippen LogP) is 10.2. The van der Waals surface area contributed by atoms with Crippen molar-refractivity contribution in [3.8, 4) is 0 Å². The number of aliphatic imine (C=N–C) groups is 2. The Labute approximate surface area is 276 Å². The van der Waals surface area contributed by atoms with Crippen molar-refractivity contribution >= 4 is 41.9 Å². The van der Waals surface area contributed by atoms with Gasteiger partial charge >= 0.3 is 0 Å². The van der Waals surface area contributed by atoms with Crippen LogP contribution >= 0.6 is 0 Å². The maximum absolute atomic E-state index is 10.0. The van der Waals surface area contributed by atoms with E-state index >= 15 is 0 Å². The zero-order chi connectivity index (χ0) is 35.0. The van der Waals surface area contributed by atoms with Gasteiger partial charge in [0.1, 0.15) is 7.85 Å². The third-order valence-corrected chi connectivity index (χ3v) is 5.57. The first kappa shape index (κ1) is 48.3. The molecule has 1 N–H and O–H groups in total. The Morgan fingerprint density at radius 2 is 0.956 bits per heavy atom. The fourth-order valence-corrected chi connectivity index (χ4v) is 3.94. The number of hydrogen-bond donors (Lipinski definition) is 1. The van der Waals surface area contributed by atoms with Gasteiger partial charge in [0, 0.05) is 40.9 Å². The van der Waals surface area contributed by atoms with E-state index in [0.29, 0.717) is 7.18 Å². The molecule has 2 radical (unpaired) electrons. The SMILES string of the molecule is CC(=Nc1c(C)cc(C)cc1C)C(C)=Nc1c(C)cc(C)cc1C.CC(=O)C=C(C)O.CF.FF.FF.[B]c1ccccc1.[Ni]. The Morgan fingerprint density at radius 1 is 0.667 bits per heavy atom. The topological polar surface area (TPSA) is 62.0 Å². The van der Waals surface area contributed by atoms with Gasteiger partial charge in [-0.2, -0.15) is 0 Å². The molecule has 3 aromatic carbocycles. The van der Waals surface area contributed by atoms with E-state index in [-0.39, 0.29) is 28.0 Å². The average Bonchev–Trinajstić information content (AvgIpc) is 2.96. The van der Waals surface area contributed by atoms with E-state index in [1.807, 2.05) is 44.2 Å². The first-order valence-electron chi connectivity index (χ1n) is 13.3. The molecule has 0 bridgehead atoms. The van der Waals surface area contributed by atoms with E-state index < -0.39 is 0 Å². The standard InChI is InChI=1S/C22H28N2.C6H5B.C5H8O2.CH3F.2F2.Ni/c1-13-9-15(3)21(16(4)10-13)23-19(7)20(8)24-22-17(5)11-14(2)12-18(22)6;7-6-4-2-1-3-5-6;1-4(6)3-5(2)7;3*1-2;/h9-12H,1-8H3;1-5H;3,6H,1-2H3;1H3;;;. The van der Waals surface area contributed by atoms with Crippen LogP contribution in [0.2, 0.25) is 0 Å². The molecule has 0 aromatic heterocycles. The Balaban J connectivity index is -0.000000328. The molecule has 250 valence electrons. The number of carbonyl (C=O) groups excluding carboxylic acids is 1. The molecule has 45 heavy (non-hydrogen) atoms. The Kier molecular flexibility index (Phi) is 30.0. The van der Waals surface area contributed by atoms with E-state index in [4.69, 9.17) is 41.2 Å². The van der Waals surface area contributed by atoms with Crippen molar-refractivity contribution in [3.63, 3.8) is 0 Å². The van der Waals surface area contributed by atoms with Crippen LogP contribution < -0.4 is 5.46 Å². The van der Waals surface area contributed by atoms with Gasteiger partial charge in [0.05, 0.1) is 35.7 Å². The predicted molar refractivity (Wildman–Crippen MR) is 177 cm³/mol. The molecule has 0 aliphatic rings. The summed E-state index contributed by atoms with van der Waals surface area (Å²) in [7, 11) is 5.86. The molecular weight excluding hydrogens is 633 g/mol. The summed E-state index contributed by atoms with van der Waals surface area (Å²) >= 11 is 0. The molecule has 3 rings (SSSR count). The summed E-state index contributed by atoms with van der Waals surface area (Å²) in [5.41, 5.74) is 12.3. The Morgan fingerprint density at radius 3 is 1.13 bits per heavy atom. The van der Waals surface area contributed by atoms with Gasteiger partial charge in [-0.3, -0.25) is 19.2 Å². The van der Waals surface area contributed by atoms with Crippen molar-refractivity contribution in [1.82, 2.24) is 0 Å². The zero-order valence-electron chi connectivity index (χ0n) is 27.8. The number of benzene rings is 3. The fourth-order valence-electron chi connectivity index (χ4n) is 3.94. The van der Waals surface area contributed by atoms with Gasteiger partial charge in [0.15, 0.2) is 5.78 Å². The molecule has 0 heterocycles. The minimum atomic E-state index is -0.125. The summed E-state index contributed by atoms with van der Waals surface area (Å²) < 4.78 is 41.5. The molecule has 0 saturated heterocycles. The number of aliphatic hydroxyl groups excluding tert-OH is 1. The van der Waals surface area contributed by atoms with Gasteiger partial charge in [0.25, 0.3) is 0 Å². The van der Waals surface area contributed by atoms with E-state index in [9.17, 15) is 9.18 Å². The fraction of sp³-hybridized carbons (Fsp3) is 0.324. The second-order valence-corrected chi connectivity index (χ2v) is 9.70. The molecule has 0 atom stereocenters. The maximum Gasteiger partial charge on any atom is 0.155 e. The van der Waals surface area contributed by atoms with Crippen molar-refractivity contribution in [3.05, 3.63) is 99.8 Å². The first-order chi connectivity index (χ1) is 20.7. The molecule has 0 spiro atoms. The van der Waals surface area contributed by atoms with Crippen molar-refractivity contribution in [2.45, 2.75) is 69.2 Å². The number of ketones is 1. The number of alkyl halides is 1. The van der Waals surface area contributed by atoms with E-state index in [2.05, 4.69) is 65.8 Å². The monoisotopic (exact) mass is 676 g/mol. The first-order valence-corrected chi connectivity index (χ1v) is 13.3. The second kappa shape index (κ2) is 27.9. The average molecular weight is 677 g/mol. The van der Waals surface area contributed by atoms with Crippen LogP contribution in [-0.4, -0.2) is 37.3 Å². The van der Waals surface area contributed by atoms with Crippen molar-refractivity contribution in [2.75, 3.05) is 7.18 Å². The van der Waals surface area contributed by atoms with Crippen LogP contribution in [0.5, 0.6) is 0 Å². The molecule has 0 fully saturated rings. The van der Waals surface area contributed by atoms with Crippen LogP contribution in [0.1, 0.15) is 61.1 Å². The van der Waals surface area contributed by atoms with Crippen LogP contribution in [0.3, 0.4) is 0 Å². The Bertz CT molecular complexity index is 1240. The number of rotatable bonds is 4. The Hall–Kier alpha value is -3.58. The number of nitrogens with zero attached hydrogens (tertiary/aromatic N) is 2. The van der Waals surface area contributed by atoms with Crippen LogP contribution in [-0.2, 0) is 21.3 Å². The van der Waals surface area contributed by atoms with E-state index in [0.717, 1.165) is 28.3 Å². The van der Waals surface area contributed by atoms with Gasteiger partial charge in [-0.05, 0) is 91.5 Å². The third kappa shape index (κ3) is 21.7. The molecule has 0 unspecified atom stereocenters. The summed E-state index contributed by atoms with van der Waals surface area (Å²) in [4.78, 5) is 19.7. The van der Waals surface area contributed by atoms with Crippen LogP contribution in [0.25, 0.3) is 0 Å². The molecular formula is C34H44BF5N2NiO2. The van der Waals surface area contributed by atoms with Gasteiger partial charge in [-0.25, -0.2) is 0 Å². The zero-order valence-corrected chi connectivity index (χ0v) is 28.8.